The highest BCUT2D eigenvalue weighted by Crippen LogP contribution is 2.44. The molecule has 1 fully saturated rings. The van der Waals surface area contributed by atoms with E-state index < -0.39 is 18.2 Å². The summed E-state index contributed by atoms with van der Waals surface area (Å²) in [7, 11) is 0. The maximum atomic E-state index is 12.5. The van der Waals surface area contributed by atoms with E-state index in [0.717, 1.165) is 28.7 Å². The van der Waals surface area contributed by atoms with Crippen molar-refractivity contribution in [3.8, 4) is 17.2 Å². The van der Waals surface area contributed by atoms with Crippen LogP contribution in [-0.4, -0.2) is 42.1 Å². The maximum Gasteiger partial charge on any atom is 0.407 e. The molecule has 4 rings (SSSR count). The molecule has 2 aromatic rings. The molecule has 1 N–H and O–H groups in total. The average Bonchev–Trinajstić information content (AvgIpc) is 3.34. The van der Waals surface area contributed by atoms with Crippen LogP contribution >= 0.6 is 0 Å². The van der Waals surface area contributed by atoms with Crippen LogP contribution in [0.1, 0.15) is 36.8 Å². The zero-order valence-corrected chi connectivity index (χ0v) is 16.3. The summed E-state index contributed by atoms with van der Waals surface area (Å²) >= 11 is 0. The molecule has 0 radical (unpaired) electrons. The fourth-order valence-electron chi connectivity index (χ4n) is 4.29. The first-order valence-corrected chi connectivity index (χ1v) is 9.91. The summed E-state index contributed by atoms with van der Waals surface area (Å²) in [5.74, 6) is -0.275. The van der Waals surface area contributed by atoms with Crippen LogP contribution in [0.4, 0.5) is 4.79 Å². The molecule has 1 saturated heterocycles. The van der Waals surface area contributed by atoms with Gasteiger partial charge >= 0.3 is 6.09 Å². The van der Waals surface area contributed by atoms with Gasteiger partial charge in [0.1, 0.15) is 18.7 Å². The van der Waals surface area contributed by atoms with Crippen LogP contribution in [0, 0.1) is 11.3 Å². The fourth-order valence-corrected chi connectivity index (χ4v) is 4.29. The number of ether oxygens (including phenoxy) is 1. The number of nitriles is 1. The van der Waals surface area contributed by atoms with Gasteiger partial charge in [0, 0.05) is 12.5 Å². The zero-order valence-electron chi connectivity index (χ0n) is 16.3. The smallest absolute Gasteiger partial charge is 0.407 e. The van der Waals surface area contributed by atoms with Crippen molar-refractivity contribution in [3.63, 3.8) is 0 Å². The van der Waals surface area contributed by atoms with Crippen LogP contribution in [0.2, 0.25) is 0 Å². The van der Waals surface area contributed by atoms with Gasteiger partial charge in [-0.25, -0.2) is 4.79 Å². The van der Waals surface area contributed by atoms with Gasteiger partial charge in [0.15, 0.2) is 0 Å². The number of nitrogens with zero attached hydrogens (tertiary/aromatic N) is 2. The average molecular weight is 389 g/mol. The number of hydrogen-bond donors (Lipinski definition) is 1. The number of hydrogen-bond acceptors (Lipinski definition) is 4. The quantitative estimate of drug-likeness (QED) is 0.869. The molecule has 0 spiro atoms. The molecule has 148 valence electrons. The lowest BCUT2D eigenvalue weighted by Crippen LogP contribution is -2.48. The van der Waals surface area contributed by atoms with Crippen LogP contribution in [0.5, 0.6) is 0 Å². The van der Waals surface area contributed by atoms with E-state index >= 15 is 0 Å². The highest BCUT2D eigenvalue weighted by atomic mass is 16.5. The molecule has 1 heterocycles. The Labute approximate surface area is 170 Å². The second-order valence-electron chi connectivity index (χ2n) is 7.51. The molecule has 0 saturated carbocycles. The number of rotatable bonds is 4. The molecule has 6 nitrogen and oxygen atoms in total. The zero-order chi connectivity index (χ0) is 20.4. The van der Waals surface area contributed by atoms with Gasteiger partial charge in [-0.1, -0.05) is 48.5 Å². The standard InChI is InChI=1S/C23H23N3O3/c1-15(22(27)26-12-6-7-16(26)13-24)25-23(28)29-14-21-19-10-4-2-8-17(19)18-9-3-5-11-20(18)21/h2-5,8-11,15-16,21H,6-7,12,14H2,1H3,(H,25,28)/t15-,16?/m0/s1. The summed E-state index contributed by atoms with van der Waals surface area (Å²) in [5, 5.41) is 11.8. The summed E-state index contributed by atoms with van der Waals surface area (Å²) in [5.41, 5.74) is 4.61. The molecule has 1 unspecified atom stereocenters. The number of amides is 2. The number of likely N-dealkylation sites (tertiary alicyclic amines) is 1. The molecule has 29 heavy (non-hydrogen) atoms. The predicted molar refractivity (Wildman–Crippen MR) is 108 cm³/mol. The van der Waals surface area contributed by atoms with Crippen LogP contribution in [0.25, 0.3) is 11.1 Å². The molecule has 6 heteroatoms. The van der Waals surface area contributed by atoms with E-state index in [1.165, 1.54) is 4.90 Å². The minimum Gasteiger partial charge on any atom is -0.449 e. The van der Waals surface area contributed by atoms with Gasteiger partial charge in [-0.2, -0.15) is 5.26 Å². The monoisotopic (exact) mass is 389 g/mol. The Morgan fingerprint density at radius 3 is 2.41 bits per heavy atom. The van der Waals surface area contributed by atoms with E-state index in [-0.39, 0.29) is 18.4 Å². The Balaban J connectivity index is 1.39. The Bertz CT molecular complexity index is 936. The third-order valence-electron chi connectivity index (χ3n) is 5.73. The minimum absolute atomic E-state index is 0.0271. The number of nitrogens with one attached hydrogen (secondary N) is 1. The van der Waals surface area contributed by atoms with Gasteiger partial charge in [-0.05, 0) is 42.0 Å². The molecule has 0 aromatic heterocycles. The summed E-state index contributed by atoms with van der Waals surface area (Å²) in [4.78, 5) is 26.4. The van der Waals surface area contributed by atoms with Crippen LogP contribution in [0.15, 0.2) is 48.5 Å². The number of carbonyl (C=O) groups is 2. The van der Waals surface area contributed by atoms with E-state index in [9.17, 15) is 9.59 Å². The summed E-state index contributed by atoms with van der Waals surface area (Å²) in [6.45, 7) is 2.37. The Kier molecular flexibility index (Phi) is 5.22. The van der Waals surface area contributed by atoms with Crippen molar-refractivity contribution in [3.05, 3.63) is 59.7 Å². The van der Waals surface area contributed by atoms with Gasteiger partial charge in [0.25, 0.3) is 0 Å². The van der Waals surface area contributed by atoms with Crippen molar-refractivity contribution in [2.75, 3.05) is 13.2 Å². The predicted octanol–water partition coefficient (Wildman–Crippen LogP) is 3.43. The molecule has 2 aromatic carbocycles. The van der Waals surface area contributed by atoms with Crippen LogP contribution < -0.4 is 5.32 Å². The van der Waals surface area contributed by atoms with E-state index in [4.69, 9.17) is 10.00 Å². The van der Waals surface area contributed by atoms with Crippen molar-refractivity contribution in [1.29, 1.82) is 5.26 Å². The number of fused-ring (bicyclic) bond motifs is 3. The van der Waals surface area contributed by atoms with Gasteiger partial charge in [0.05, 0.1) is 6.07 Å². The first kappa shape index (κ1) is 19.0. The number of carbonyl (C=O) groups excluding carboxylic acids is 2. The van der Waals surface area contributed by atoms with Crippen molar-refractivity contribution in [1.82, 2.24) is 10.2 Å². The van der Waals surface area contributed by atoms with Gasteiger partial charge < -0.3 is 15.0 Å². The Hall–Kier alpha value is -3.33. The van der Waals surface area contributed by atoms with Crippen molar-refractivity contribution < 1.29 is 14.3 Å². The van der Waals surface area contributed by atoms with E-state index in [2.05, 4.69) is 35.7 Å². The van der Waals surface area contributed by atoms with E-state index in [1.807, 2.05) is 24.3 Å². The van der Waals surface area contributed by atoms with Gasteiger partial charge in [-0.15, -0.1) is 0 Å². The minimum atomic E-state index is -0.736. The highest BCUT2D eigenvalue weighted by Gasteiger charge is 2.33. The lowest BCUT2D eigenvalue weighted by Gasteiger charge is -2.24. The number of benzene rings is 2. The second-order valence-corrected chi connectivity index (χ2v) is 7.51. The topological polar surface area (TPSA) is 82.4 Å². The van der Waals surface area contributed by atoms with E-state index in [0.29, 0.717) is 13.0 Å². The fraction of sp³-hybridized carbons (Fsp3) is 0.348. The van der Waals surface area contributed by atoms with Crippen molar-refractivity contribution in [2.24, 2.45) is 0 Å². The second kappa shape index (κ2) is 7.96. The SMILES string of the molecule is C[C@H](NC(=O)OCC1c2ccccc2-c2ccccc21)C(=O)N1CCCC1C#N. The van der Waals surface area contributed by atoms with Gasteiger partial charge in [-0.3, -0.25) is 4.79 Å². The molecular weight excluding hydrogens is 366 g/mol. The largest absolute Gasteiger partial charge is 0.449 e. The maximum absolute atomic E-state index is 12.5. The lowest BCUT2D eigenvalue weighted by atomic mass is 9.98. The molecule has 1 aliphatic heterocycles. The Morgan fingerprint density at radius 2 is 1.79 bits per heavy atom. The molecule has 1 aliphatic carbocycles. The van der Waals surface area contributed by atoms with Crippen molar-refractivity contribution >= 4 is 12.0 Å². The van der Waals surface area contributed by atoms with Gasteiger partial charge in [0.2, 0.25) is 5.91 Å². The summed E-state index contributed by atoms with van der Waals surface area (Å²) in [6, 6.07) is 17.3. The van der Waals surface area contributed by atoms with Crippen LogP contribution in [0.3, 0.4) is 0 Å². The summed E-state index contributed by atoms with van der Waals surface area (Å²) in [6.07, 6.45) is 0.863. The van der Waals surface area contributed by atoms with Crippen LogP contribution in [-0.2, 0) is 9.53 Å². The van der Waals surface area contributed by atoms with E-state index in [1.54, 1.807) is 6.92 Å². The molecule has 2 amide bonds. The highest BCUT2D eigenvalue weighted by molar-refractivity contribution is 5.86. The Morgan fingerprint density at radius 1 is 1.17 bits per heavy atom. The molecule has 2 atom stereocenters. The molecule has 0 bridgehead atoms. The summed E-state index contributed by atoms with van der Waals surface area (Å²) < 4.78 is 5.49. The molecular formula is C23H23N3O3. The third-order valence-corrected chi connectivity index (χ3v) is 5.73. The third kappa shape index (κ3) is 3.56. The number of alkyl carbamates (subject to hydrolysis) is 1. The normalized spacial score (nSPS) is 18.5. The first-order chi connectivity index (χ1) is 14.1. The lowest BCUT2D eigenvalue weighted by molar-refractivity contribution is -0.132. The van der Waals surface area contributed by atoms with Crippen molar-refractivity contribution in [2.45, 2.75) is 37.8 Å². The first-order valence-electron chi connectivity index (χ1n) is 9.91. The molecule has 2 aliphatic rings.